The van der Waals surface area contributed by atoms with E-state index in [1.54, 1.807) is 17.2 Å². The van der Waals surface area contributed by atoms with Gasteiger partial charge >= 0.3 is 6.03 Å². The van der Waals surface area contributed by atoms with E-state index >= 15 is 0 Å². The molecule has 8 heteroatoms. The summed E-state index contributed by atoms with van der Waals surface area (Å²) in [4.78, 5) is 33.8. The molecule has 1 fully saturated rings. The number of benzene rings is 1. The van der Waals surface area contributed by atoms with E-state index in [1.807, 2.05) is 56.3 Å². The van der Waals surface area contributed by atoms with Crippen molar-refractivity contribution in [3.05, 3.63) is 83.2 Å². The topological polar surface area (TPSA) is 83.6 Å². The highest BCUT2D eigenvalue weighted by atomic mass is 32.1. The van der Waals surface area contributed by atoms with Crippen LogP contribution in [0.15, 0.2) is 78.4 Å². The first kappa shape index (κ1) is 23.8. The van der Waals surface area contributed by atoms with Crippen molar-refractivity contribution in [2.75, 3.05) is 10.2 Å². The molecule has 1 saturated carbocycles. The molecule has 0 bridgehead atoms. The zero-order valence-electron chi connectivity index (χ0n) is 20.3. The van der Waals surface area contributed by atoms with E-state index < -0.39 is 0 Å². The Kier molecular flexibility index (Phi) is 6.61. The number of rotatable bonds is 7. The number of thiophene rings is 1. The standard InChI is InChI=1S/C28H28N4O3S/c1-17(2)21(14-13-18(3)35-20-11-5-4-6-12-20)32-22-15-16-29-27-23(22)24(31-28(32)34)25(36-27)26(33)30-19-9-7-8-10-19/h4-6,11-16,19H,1,7-10H2,2-3H3,(H,30,33)(H,31,34)/b18-13+,21-14+. The molecule has 36 heavy (non-hydrogen) atoms. The van der Waals surface area contributed by atoms with Gasteiger partial charge in [-0.3, -0.25) is 9.69 Å². The van der Waals surface area contributed by atoms with Gasteiger partial charge in [-0.2, -0.15) is 0 Å². The molecule has 3 amide bonds. The fourth-order valence-electron chi connectivity index (χ4n) is 4.62. The second kappa shape index (κ2) is 9.99. The van der Waals surface area contributed by atoms with Crippen molar-refractivity contribution in [1.82, 2.24) is 10.3 Å². The van der Waals surface area contributed by atoms with Gasteiger partial charge in [-0.1, -0.05) is 37.6 Å². The van der Waals surface area contributed by atoms with Crippen LogP contribution in [0.1, 0.15) is 49.2 Å². The van der Waals surface area contributed by atoms with Gasteiger partial charge in [0.25, 0.3) is 5.91 Å². The molecule has 7 nitrogen and oxygen atoms in total. The number of pyridine rings is 1. The average Bonchev–Trinajstić information content (AvgIpc) is 3.50. The first-order valence-electron chi connectivity index (χ1n) is 12.0. The molecule has 0 atom stereocenters. The summed E-state index contributed by atoms with van der Waals surface area (Å²) in [5, 5.41) is 6.84. The molecule has 0 saturated heterocycles. The number of para-hydroxylation sites is 1. The number of nitrogens with zero attached hydrogens (tertiary/aromatic N) is 2. The third-order valence-electron chi connectivity index (χ3n) is 6.32. The van der Waals surface area contributed by atoms with Crippen molar-refractivity contribution in [1.29, 1.82) is 0 Å². The molecule has 2 aromatic heterocycles. The molecule has 0 spiro atoms. The van der Waals surface area contributed by atoms with Crippen molar-refractivity contribution in [3.63, 3.8) is 0 Å². The highest BCUT2D eigenvalue weighted by molar-refractivity contribution is 7.21. The number of ether oxygens (including phenoxy) is 1. The number of anilines is 2. The minimum atomic E-state index is -0.354. The fourth-order valence-corrected chi connectivity index (χ4v) is 5.64. The average molecular weight is 501 g/mol. The fraction of sp³-hybridized carbons (Fsp3) is 0.250. The van der Waals surface area contributed by atoms with Gasteiger partial charge in [-0.15, -0.1) is 11.3 Å². The highest BCUT2D eigenvalue weighted by Gasteiger charge is 2.34. The minimum absolute atomic E-state index is 0.160. The summed E-state index contributed by atoms with van der Waals surface area (Å²) in [5.41, 5.74) is 2.51. The molecule has 5 rings (SSSR count). The summed E-state index contributed by atoms with van der Waals surface area (Å²) in [6, 6.07) is 11.1. The van der Waals surface area contributed by atoms with E-state index in [-0.39, 0.29) is 18.0 Å². The lowest BCUT2D eigenvalue weighted by molar-refractivity contribution is 0.0943. The van der Waals surface area contributed by atoms with Gasteiger partial charge in [0.2, 0.25) is 0 Å². The number of urea groups is 1. The number of carbonyl (C=O) groups is 2. The van der Waals surface area contributed by atoms with E-state index in [4.69, 9.17) is 4.74 Å². The van der Waals surface area contributed by atoms with E-state index in [2.05, 4.69) is 22.2 Å². The maximum absolute atomic E-state index is 13.4. The molecule has 0 unspecified atom stereocenters. The van der Waals surface area contributed by atoms with Crippen molar-refractivity contribution in [3.8, 4) is 5.75 Å². The Hall–Kier alpha value is -3.91. The normalized spacial score (nSPS) is 16.3. The molecule has 1 aliphatic heterocycles. The van der Waals surface area contributed by atoms with Gasteiger partial charge in [0.05, 0.1) is 22.5 Å². The van der Waals surface area contributed by atoms with Crippen LogP contribution in [0.3, 0.4) is 0 Å². The zero-order chi connectivity index (χ0) is 25.2. The molecule has 184 valence electrons. The number of aromatic nitrogens is 1. The Morgan fingerprint density at radius 3 is 2.67 bits per heavy atom. The van der Waals surface area contributed by atoms with Crippen LogP contribution in [-0.2, 0) is 0 Å². The van der Waals surface area contributed by atoms with Gasteiger partial charge in [-0.05, 0) is 62.6 Å². The molecule has 2 N–H and O–H groups in total. The van der Waals surface area contributed by atoms with Crippen LogP contribution < -0.4 is 20.3 Å². The number of carbonyl (C=O) groups excluding carboxylic acids is 2. The van der Waals surface area contributed by atoms with Crippen LogP contribution in [0.5, 0.6) is 5.75 Å². The molecule has 0 radical (unpaired) electrons. The molecule has 3 heterocycles. The summed E-state index contributed by atoms with van der Waals surface area (Å²) in [5.74, 6) is 1.24. The van der Waals surface area contributed by atoms with E-state index in [1.165, 1.54) is 11.3 Å². The van der Waals surface area contributed by atoms with E-state index in [9.17, 15) is 9.59 Å². The Labute approximate surface area is 214 Å². The lowest BCUT2D eigenvalue weighted by Crippen LogP contribution is -2.38. The predicted octanol–water partition coefficient (Wildman–Crippen LogP) is 6.76. The van der Waals surface area contributed by atoms with Crippen LogP contribution in [0.25, 0.3) is 10.2 Å². The molecular formula is C28H28N4O3S. The number of hydrogen-bond donors (Lipinski definition) is 2. The SMILES string of the molecule is C=C(C)/C(=C\C=C(/C)Oc1ccccc1)N1C(=O)Nc2c(C(=O)NC3CCCC3)sc3nccc1c23. The smallest absolute Gasteiger partial charge is 0.331 e. The maximum atomic E-state index is 13.4. The lowest BCUT2D eigenvalue weighted by atomic mass is 10.1. The van der Waals surface area contributed by atoms with E-state index in [0.29, 0.717) is 38.1 Å². The monoisotopic (exact) mass is 500 g/mol. The van der Waals surface area contributed by atoms with Crippen molar-refractivity contribution >= 4 is 44.9 Å². The Balaban J connectivity index is 1.50. The van der Waals surface area contributed by atoms with E-state index in [0.717, 1.165) is 36.8 Å². The third kappa shape index (κ3) is 4.64. The van der Waals surface area contributed by atoms with Gasteiger partial charge in [0, 0.05) is 12.2 Å². The Bertz CT molecular complexity index is 1400. The number of nitrogens with one attached hydrogen (secondary N) is 2. The second-order valence-corrected chi connectivity index (χ2v) is 10.1. The van der Waals surface area contributed by atoms with Gasteiger partial charge in [0.1, 0.15) is 21.2 Å². The van der Waals surface area contributed by atoms with Crippen molar-refractivity contribution in [2.45, 2.75) is 45.6 Å². The van der Waals surface area contributed by atoms with Crippen LogP contribution in [0.4, 0.5) is 16.2 Å². The predicted molar refractivity (Wildman–Crippen MR) is 145 cm³/mol. The molecular weight excluding hydrogens is 472 g/mol. The third-order valence-corrected chi connectivity index (χ3v) is 7.42. The summed E-state index contributed by atoms with van der Waals surface area (Å²) in [7, 11) is 0. The lowest BCUT2D eigenvalue weighted by Gasteiger charge is -2.30. The van der Waals surface area contributed by atoms with Crippen molar-refractivity contribution < 1.29 is 14.3 Å². The molecule has 3 aromatic rings. The van der Waals surface area contributed by atoms with Crippen LogP contribution in [-0.4, -0.2) is 23.0 Å². The largest absolute Gasteiger partial charge is 0.462 e. The highest BCUT2D eigenvalue weighted by Crippen LogP contribution is 2.45. The summed E-state index contributed by atoms with van der Waals surface area (Å²) in [6.45, 7) is 7.80. The van der Waals surface area contributed by atoms with Gasteiger partial charge in [0.15, 0.2) is 0 Å². The maximum Gasteiger partial charge on any atom is 0.331 e. The first-order chi connectivity index (χ1) is 17.4. The quantitative estimate of drug-likeness (QED) is 0.277. The summed E-state index contributed by atoms with van der Waals surface area (Å²) in [6.07, 6.45) is 9.53. The zero-order valence-corrected chi connectivity index (χ0v) is 21.2. The number of allylic oxidation sites excluding steroid dienone is 4. The van der Waals surface area contributed by atoms with Crippen molar-refractivity contribution in [2.24, 2.45) is 0 Å². The molecule has 2 aliphatic rings. The van der Waals surface area contributed by atoms with Gasteiger partial charge < -0.3 is 15.4 Å². The summed E-state index contributed by atoms with van der Waals surface area (Å²) < 4.78 is 5.87. The second-order valence-electron chi connectivity index (χ2n) is 9.06. The molecule has 1 aromatic carbocycles. The minimum Gasteiger partial charge on any atom is -0.462 e. The van der Waals surface area contributed by atoms with Crippen LogP contribution in [0.2, 0.25) is 0 Å². The summed E-state index contributed by atoms with van der Waals surface area (Å²) >= 11 is 1.30. The number of amides is 3. The number of hydrogen-bond acceptors (Lipinski definition) is 5. The Morgan fingerprint density at radius 1 is 1.19 bits per heavy atom. The van der Waals surface area contributed by atoms with Gasteiger partial charge in [-0.25, -0.2) is 9.78 Å². The first-order valence-corrected chi connectivity index (χ1v) is 12.8. The van der Waals surface area contributed by atoms with Crippen LogP contribution >= 0.6 is 11.3 Å². The Morgan fingerprint density at radius 2 is 1.94 bits per heavy atom. The molecule has 1 aliphatic carbocycles. The van der Waals surface area contributed by atoms with Crippen LogP contribution in [0, 0.1) is 0 Å².